The summed E-state index contributed by atoms with van der Waals surface area (Å²) < 4.78 is 6.41. The molecule has 1 nitrogen and oxygen atoms in total. The second-order valence-electron chi connectivity index (χ2n) is 16.0. The Morgan fingerprint density at radius 1 is 0.339 bits per heavy atom. The average Bonchev–Trinajstić information content (AvgIpc) is 3.74. The lowest BCUT2D eigenvalue weighted by Gasteiger charge is -2.21. The van der Waals surface area contributed by atoms with Crippen molar-refractivity contribution < 1.29 is 4.42 Å². The highest BCUT2D eigenvalue weighted by molar-refractivity contribution is 6.23. The second-order valence-corrected chi connectivity index (χ2v) is 16.0. The van der Waals surface area contributed by atoms with Crippen LogP contribution in [0.4, 0.5) is 0 Å². The summed E-state index contributed by atoms with van der Waals surface area (Å²) in [5, 5.41) is 12.4. The Bertz CT molecular complexity index is 3370. The standard InChI is InChI=1S/C55H36O/c1-55(2)47-27-24-37(31-45(47)53-39-13-5-3-11-34(39)23-28-48(53)55)33-19-21-36(22-20-33)51-41-15-7-9-17-43(41)52(44-18-10-8-16-42(44)51)38-26-29-49-46(32-38)54-40-14-6-4-12-35(40)25-30-50(54)56-49/h3-32H,1-2H3. The van der Waals surface area contributed by atoms with Crippen molar-refractivity contribution in [3.05, 3.63) is 193 Å². The summed E-state index contributed by atoms with van der Waals surface area (Å²) in [6, 6.07) is 67.2. The summed E-state index contributed by atoms with van der Waals surface area (Å²) in [5.41, 5.74) is 14.7. The van der Waals surface area contributed by atoms with E-state index in [4.69, 9.17) is 4.42 Å². The van der Waals surface area contributed by atoms with Gasteiger partial charge >= 0.3 is 0 Å². The Kier molecular flexibility index (Phi) is 6.46. The zero-order chi connectivity index (χ0) is 37.1. The average molecular weight is 713 g/mol. The fraction of sp³-hybridized carbons (Fsp3) is 0.0545. The smallest absolute Gasteiger partial charge is 0.136 e. The van der Waals surface area contributed by atoms with Crippen LogP contribution in [-0.4, -0.2) is 0 Å². The van der Waals surface area contributed by atoms with Crippen molar-refractivity contribution in [3.8, 4) is 44.5 Å². The molecule has 0 fully saturated rings. The van der Waals surface area contributed by atoms with E-state index in [-0.39, 0.29) is 5.41 Å². The van der Waals surface area contributed by atoms with Crippen LogP contribution in [0.2, 0.25) is 0 Å². The molecule has 56 heavy (non-hydrogen) atoms. The van der Waals surface area contributed by atoms with E-state index in [9.17, 15) is 0 Å². The summed E-state index contributed by atoms with van der Waals surface area (Å²) in [4.78, 5) is 0. The zero-order valence-electron chi connectivity index (χ0n) is 31.2. The maximum absolute atomic E-state index is 6.41. The molecular formula is C55H36O. The number of benzene rings is 10. The maximum Gasteiger partial charge on any atom is 0.136 e. The maximum atomic E-state index is 6.41. The van der Waals surface area contributed by atoms with Crippen molar-refractivity contribution in [2.45, 2.75) is 19.3 Å². The molecule has 1 aliphatic carbocycles. The number of fused-ring (bicyclic) bond motifs is 12. The highest BCUT2D eigenvalue weighted by Gasteiger charge is 2.36. The number of hydrogen-bond donors (Lipinski definition) is 0. The molecule has 12 rings (SSSR count). The van der Waals surface area contributed by atoms with Crippen LogP contribution in [0.1, 0.15) is 25.0 Å². The molecule has 11 aromatic rings. The van der Waals surface area contributed by atoms with Gasteiger partial charge in [-0.1, -0.05) is 172 Å². The number of furan rings is 1. The molecule has 0 saturated heterocycles. The molecule has 1 aliphatic rings. The molecule has 10 aromatic carbocycles. The van der Waals surface area contributed by atoms with Gasteiger partial charge < -0.3 is 4.42 Å². The molecule has 0 spiro atoms. The van der Waals surface area contributed by atoms with Crippen molar-refractivity contribution in [3.63, 3.8) is 0 Å². The summed E-state index contributed by atoms with van der Waals surface area (Å²) in [6.45, 7) is 4.72. The molecule has 0 radical (unpaired) electrons. The number of rotatable bonds is 3. The molecule has 0 aliphatic heterocycles. The van der Waals surface area contributed by atoms with Crippen molar-refractivity contribution in [2.75, 3.05) is 0 Å². The third-order valence-corrected chi connectivity index (χ3v) is 12.7. The van der Waals surface area contributed by atoms with Gasteiger partial charge in [0.1, 0.15) is 11.2 Å². The summed E-state index contributed by atoms with van der Waals surface area (Å²) in [5.74, 6) is 0. The molecule has 0 unspecified atom stereocenters. The summed E-state index contributed by atoms with van der Waals surface area (Å²) in [6.07, 6.45) is 0. The molecule has 0 atom stereocenters. The first-order chi connectivity index (χ1) is 27.5. The van der Waals surface area contributed by atoms with Crippen molar-refractivity contribution in [1.82, 2.24) is 0 Å². The monoisotopic (exact) mass is 712 g/mol. The third-order valence-electron chi connectivity index (χ3n) is 12.7. The van der Waals surface area contributed by atoms with Gasteiger partial charge in [0.25, 0.3) is 0 Å². The van der Waals surface area contributed by atoms with Crippen LogP contribution in [0, 0.1) is 0 Å². The van der Waals surface area contributed by atoms with E-state index in [2.05, 4.69) is 196 Å². The second kappa shape index (κ2) is 11.5. The van der Waals surface area contributed by atoms with Gasteiger partial charge in [-0.05, 0) is 123 Å². The minimum absolute atomic E-state index is 0.0438. The minimum Gasteiger partial charge on any atom is -0.456 e. The third kappa shape index (κ3) is 4.37. The van der Waals surface area contributed by atoms with Gasteiger partial charge in [0.15, 0.2) is 0 Å². The number of hydrogen-bond acceptors (Lipinski definition) is 1. The van der Waals surface area contributed by atoms with Crippen LogP contribution >= 0.6 is 0 Å². The Hall–Kier alpha value is -6.96. The van der Waals surface area contributed by atoms with Gasteiger partial charge in [0.2, 0.25) is 0 Å². The summed E-state index contributed by atoms with van der Waals surface area (Å²) >= 11 is 0. The first-order valence-electron chi connectivity index (χ1n) is 19.6. The van der Waals surface area contributed by atoms with Crippen LogP contribution < -0.4 is 0 Å². The van der Waals surface area contributed by atoms with E-state index in [1.54, 1.807) is 0 Å². The fourth-order valence-corrected chi connectivity index (χ4v) is 9.99. The van der Waals surface area contributed by atoms with E-state index in [1.165, 1.54) is 104 Å². The van der Waals surface area contributed by atoms with Crippen LogP contribution in [-0.2, 0) is 5.41 Å². The van der Waals surface area contributed by atoms with Crippen LogP contribution in [0.3, 0.4) is 0 Å². The van der Waals surface area contributed by atoms with Crippen molar-refractivity contribution in [2.24, 2.45) is 0 Å². The first-order valence-corrected chi connectivity index (χ1v) is 19.6. The molecule has 1 heterocycles. The molecule has 0 amide bonds. The normalized spacial score (nSPS) is 13.3. The lowest BCUT2D eigenvalue weighted by molar-refractivity contribution is 0.661. The van der Waals surface area contributed by atoms with E-state index in [0.29, 0.717) is 0 Å². The van der Waals surface area contributed by atoms with Gasteiger partial charge in [0.05, 0.1) is 0 Å². The van der Waals surface area contributed by atoms with Gasteiger partial charge in [0, 0.05) is 16.2 Å². The summed E-state index contributed by atoms with van der Waals surface area (Å²) in [7, 11) is 0. The van der Waals surface area contributed by atoms with Gasteiger partial charge in [-0.3, -0.25) is 0 Å². The van der Waals surface area contributed by atoms with Gasteiger partial charge in [-0.25, -0.2) is 0 Å². The Morgan fingerprint density at radius 3 is 1.54 bits per heavy atom. The fourth-order valence-electron chi connectivity index (χ4n) is 9.99. The van der Waals surface area contributed by atoms with E-state index >= 15 is 0 Å². The highest BCUT2D eigenvalue weighted by Crippen LogP contribution is 2.52. The predicted octanol–water partition coefficient (Wildman–Crippen LogP) is 15.5. The molecule has 0 saturated carbocycles. The van der Waals surface area contributed by atoms with Crippen LogP contribution in [0.5, 0.6) is 0 Å². The quantitative estimate of drug-likeness (QED) is 0.166. The van der Waals surface area contributed by atoms with E-state index < -0.39 is 0 Å². The Labute approximate surface area is 325 Å². The largest absolute Gasteiger partial charge is 0.456 e. The minimum atomic E-state index is -0.0438. The molecule has 0 N–H and O–H groups in total. The molecule has 1 heteroatoms. The molecular weight excluding hydrogens is 677 g/mol. The van der Waals surface area contributed by atoms with Crippen LogP contribution in [0.25, 0.3) is 110 Å². The molecule has 1 aromatic heterocycles. The molecule has 262 valence electrons. The zero-order valence-corrected chi connectivity index (χ0v) is 31.2. The Balaban J connectivity index is 1.01. The topological polar surface area (TPSA) is 13.1 Å². The SMILES string of the molecule is CC1(C)c2ccc(-c3ccc(-c4c5ccccc5c(-c5ccc6oc7ccc8ccccc8c7c6c5)c5ccccc45)cc3)cc2-c2c1ccc1ccccc21. The lowest BCUT2D eigenvalue weighted by atomic mass is 9.82. The van der Waals surface area contributed by atoms with Crippen LogP contribution in [0.15, 0.2) is 186 Å². The predicted molar refractivity (Wildman–Crippen MR) is 238 cm³/mol. The van der Waals surface area contributed by atoms with Crippen molar-refractivity contribution >= 4 is 65.0 Å². The lowest BCUT2D eigenvalue weighted by Crippen LogP contribution is -2.14. The van der Waals surface area contributed by atoms with E-state index in [1.807, 2.05) is 0 Å². The molecule has 0 bridgehead atoms. The highest BCUT2D eigenvalue weighted by atomic mass is 16.3. The van der Waals surface area contributed by atoms with Crippen molar-refractivity contribution in [1.29, 1.82) is 0 Å². The van der Waals surface area contributed by atoms with Gasteiger partial charge in [-0.15, -0.1) is 0 Å². The Morgan fingerprint density at radius 2 is 0.839 bits per heavy atom. The van der Waals surface area contributed by atoms with E-state index in [0.717, 1.165) is 16.6 Å². The van der Waals surface area contributed by atoms with Gasteiger partial charge in [-0.2, -0.15) is 0 Å². The first kappa shape index (κ1) is 31.4.